The van der Waals surface area contributed by atoms with E-state index in [9.17, 15) is 13.2 Å². The van der Waals surface area contributed by atoms with Crippen LogP contribution in [0, 0.1) is 6.92 Å². The summed E-state index contributed by atoms with van der Waals surface area (Å²) in [5.41, 5.74) is 1.42. The molecule has 0 atom stereocenters. The maximum Gasteiger partial charge on any atom is 0.339 e. The minimum absolute atomic E-state index is 0.0296. The number of halogens is 1. The molecule has 0 spiro atoms. The van der Waals surface area contributed by atoms with Crippen molar-refractivity contribution >= 4 is 49.2 Å². The lowest BCUT2D eigenvalue weighted by Gasteiger charge is -2.08. The van der Waals surface area contributed by atoms with Gasteiger partial charge in [-0.1, -0.05) is 15.9 Å². The molecule has 8 heteroatoms. The van der Waals surface area contributed by atoms with Crippen LogP contribution in [0.15, 0.2) is 69.0 Å². The Balaban J connectivity index is 1.60. The summed E-state index contributed by atoms with van der Waals surface area (Å²) in [4.78, 5) is 13.5. The number of aryl methyl sites for hydroxylation is 1. The summed E-state index contributed by atoms with van der Waals surface area (Å²) in [6, 6.07) is 12.4. The molecular weight excluding hydrogens is 464 g/mol. The standard InChI is InChI=1S/C20H13BrO5S2/c1-12-8-9-27-19(12)11-18-20(22)16-7-4-14(10-17(16)25-18)26-28(23,24)15-5-2-13(21)3-6-15/h2-11H,1H3. The Hall–Kier alpha value is -2.42. The predicted octanol–water partition coefficient (Wildman–Crippen LogP) is 5.20. The van der Waals surface area contributed by atoms with Gasteiger partial charge < -0.3 is 8.92 Å². The van der Waals surface area contributed by atoms with Gasteiger partial charge in [-0.2, -0.15) is 8.42 Å². The van der Waals surface area contributed by atoms with Crippen molar-refractivity contribution in [1.29, 1.82) is 0 Å². The van der Waals surface area contributed by atoms with E-state index in [0.29, 0.717) is 5.56 Å². The zero-order chi connectivity index (χ0) is 19.9. The fraction of sp³-hybridized carbons (Fsp3) is 0.0500. The maximum atomic E-state index is 12.5. The number of hydrogen-bond acceptors (Lipinski definition) is 6. The lowest BCUT2D eigenvalue weighted by molar-refractivity contribution is 0.101. The predicted molar refractivity (Wildman–Crippen MR) is 110 cm³/mol. The van der Waals surface area contributed by atoms with E-state index < -0.39 is 10.1 Å². The van der Waals surface area contributed by atoms with Crippen LogP contribution >= 0.6 is 27.3 Å². The Morgan fingerprint density at radius 2 is 1.86 bits per heavy atom. The van der Waals surface area contributed by atoms with E-state index in [0.717, 1.165) is 14.9 Å². The van der Waals surface area contributed by atoms with Gasteiger partial charge in [0.2, 0.25) is 5.78 Å². The Morgan fingerprint density at radius 1 is 1.11 bits per heavy atom. The Bertz CT molecular complexity index is 1210. The summed E-state index contributed by atoms with van der Waals surface area (Å²) in [6.45, 7) is 1.95. The number of ether oxygens (including phenoxy) is 1. The SMILES string of the molecule is Cc1ccsc1C=C1Oc2cc(OS(=O)(=O)c3ccc(Br)cc3)ccc2C1=O. The lowest BCUT2D eigenvalue weighted by Crippen LogP contribution is -2.09. The van der Waals surface area contributed by atoms with Crippen LogP contribution < -0.4 is 8.92 Å². The first-order valence-electron chi connectivity index (χ1n) is 8.16. The third-order valence-electron chi connectivity index (χ3n) is 4.11. The highest BCUT2D eigenvalue weighted by Gasteiger charge is 2.29. The molecule has 0 radical (unpaired) electrons. The van der Waals surface area contributed by atoms with Gasteiger partial charge in [-0.3, -0.25) is 4.79 Å². The average Bonchev–Trinajstić information content (AvgIpc) is 3.19. The fourth-order valence-electron chi connectivity index (χ4n) is 2.65. The summed E-state index contributed by atoms with van der Waals surface area (Å²) < 4.78 is 36.5. The van der Waals surface area contributed by atoms with E-state index in [1.807, 2.05) is 18.4 Å². The van der Waals surface area contributed by atoms with Crippen molar-refractivity contribution in [3.05, 3.63) is 80.1 Å². The maximum absolute atomic E-state index is 12.5. The zero-order valence-electron chi connectivity index (χ0n) is 14.5. The largest absolute Gasteiger partial charge is 0.452 e. The molecule has 4 rings (SSSR count). The highest BCUT2D eigenvalue weighted by molar-refractivity contribution is 9.10. The molecule has 1 aliphatic rings. The number of fused-ring (bicyclic) bond motifs is 1. The number of ketones is 1. The zero-order valence-corrected chi connectivity index (χ0v) is 17.7. The van der Waals surface area contributed by atoms with E-state index in [4.69, 9.17) is 8.92 Å². The van der Waals surface area contributed by atoms with Crippen molar-refractivity contribution in [2.45, 2.75) is 11.8 Å². The topological polar surface area (TPSA) is 69.7 Å². The first kappa shape index (κ1) is 18.9. The third kappa shape index (κ3) is 3.63. The fourth-order valence-corrected chi connectivity index (χ4v) is 4.68. The summed E-state index contributed by atoms with van der Waals surface area (Å²) in [5, 5.41) is 1.94. The van der Waals surface area contributed by atoms with Crippen LogP contribution in [0.2, 0.25) is 0 Å². The minimum atomic E-state index is -4.00. The van der Waals surface area contributed by atoms with Gasteiger partial charge in [0, 0.05) is 21.5 Å². The highest BCUT2D eigenvalue weighted by Crippen LogP contribution is 2.36. The summed E-state index contributed by atoms with van der Waals surface area (Å²) in [5.74, 6) is 0.301. The van der Waals surface area contributed by atoms with E-state index >= 15 is 0 Å². The summed E-state index contributed by atoms with van der Waals surface area (Å²) >= 11 is 4.77. The van der Waals surface area contributed by atoms with Crippen LogP contribution in [-0.4, -0.2) is 14.2 Å². The van der Waals surface area contributed by atoms with Gasteiger partial charge in [0.1, 0.15) is 16.4 Å². The van der Waals surface area contributed by atoms with E-state index in [-0.39, 0.29) is 27.9 Å². The molecule has 0 N–H and O–H groups in total. The molecule has 3 aromatic rings. The molecule has 0 unspecified atom stereocenters. The number of benzene rings is 2. The molecule has 28 heavy (non-hydrogen) atoms. The van der Waals surface area contributed by atoms with Gasteiger partial charge in [-0.15, -0.1) is 11.3 Å². The quantitative estimate of drug-likeness (QED) is 0.382. The van der Waals surface area contributed by atoms with Gasteiger partial charge >= 0.3 is 10.1 Å². The molecule has 0 saturated carbocycles. The van der Waals surface area contributed by atoms with Crippen molar-refractivity contribution < 1.29 is 22.1 Å². The number of Topliss-reactive ketones (excluding diaryl/α,β-unsaturated/α-hetero) is 1. The minimum Gasteiger partial charge on any atom is -0.452 e. The van der Waals surface area contributed by atoms with Crippen LogP contribution in [0.4, 0.5) is 0 Å². The molecular formula is C20H13BrO5S2. The Kier molecular flexibility index (Phi) is 4.86. The summed E-state index contributed by atoms with van der Waals surface area (Å²) in [7, 11) is -4.00. The van der Waals surface area contributed by atoms with Gasteiger partial charge in [0.05, 0.1) is 5.56 Å². The lowest BCUT2D eigenvalue weighted by atomic mass is 10.1. The summed E-state index contributed by atoms with van der Waals surface area (Å²) in [6.07, 6.45) is 1.70. The number of carbonyl (C=O) groups is 1. The highest BCUT2D eigenvalue weighted by atomic mass is 79.9. The van der Waals surface area contributed by atoms with Gasteiger partial charge in [-0.25, -0.2) is 0 Å². The smallest absolute Gasteiger partial charge is 0.339 e. The first-order chi connectivity index (χ1) is 13.3. The molecule has 1 aliphatic heterocycles. The van der Waals surface area contributed by atoms with Crippen molar-refractivity contribution in [2.75, 3.05) is 0 Å². The van der Waals surface area contributed by atoms with Gasteiger partial charge in [0.15, 0.2) is 5.76 Å². The molecule has 5 nitrogen and oxygen atoms in total. The van der Waals surface area contributed by atoms with Crippen molar-refractivity contribution in [2.24, 2.45) is 0 Å². The first-order valence-corrected chi connectivity index (χ1v) is 11.2. The van der Waals surface area contributed by atoms with Gasteiger partial charge in [0.25, 0.3) is 0 Å². The molecule has 142 valence electrons. The number of rotatable bonds is 4. The van der Waals surface area contributed by atoms with Crippen molar-refractivity contribution in [3.63, 3.8) is 0 Å². The van der Waals surface area contributed by atoms with Crippen LogP contribution in [0.1, 0.15) is 20.8 Å². The molecule has 0 fully saturated rings. The second kappa shape index (κ2) is 7.20. The average molecular weight is 477 g/mol. The van der Waals surface area contributed by atoms with Crippen LogP contribution in [0.3, 0.4) is 0 Å². The molecule has 0 saturated heterocycles. The molecule has 2 heterocycles. The van der Waals surface area contributed by atoms with Crippen molar-refractivity contribution in [1.82, 2.24) is 0 Å². The second-order valence-corrected chi connectivity index (χ2v) is 9.47. The molecule has 0 aliphatic carbocycles. The number of carbonyl (C=O) groups excluding carboxylic acids is 1. The van der Waals surface area contributed by atoms with Crippen LogP contribution in [-0.2, 0) is 10.1 Å². The number of hydrogen-bond donors (Lipinski definition) is 0. The third-order valence-corrected chi connectivity index (χ3v) is 6.87. The molecule has 2 aromatic carbocycles. The number of thiophene rings is 1. The van der Waals surface area contributed by atoms with E-state index in [2.05, 4.69) is 15.9 Å². The number of allylic oxidation sites excluding steroid dienone is 1. The van der Waals surface area contributed by atoms with E-state index in [1.54, 1.807) is 18.2 Å². The monoisotopic (exact) mass is 476 g/mol. The van der Waals surface area contributed by atoms with E-state index in [1.165, 1.54) is 41.7 Å². The van der Waals surface area contributed by atoms with Crippen molar-refractivity contribution in [3.8, 4) is 11.5 Å². The Labute approximate surface area is 174 Å². The normalized spacial score (nSPS) is 14.8. The molecule has 0 amide bonds. The molecule has 1 aromatic heterocycles. The molecule has 0 bridgehead atoms. The van der Waals surface area contributed by atoms with Crippen LogP contribution in [0.25, 0.3) is 6.08 Å². The van der Waals surface area contributed by atoms with Gasteiger partial charge in [-0.05, 0) is 60.3 Å². The Morgan fingerprint density at radius 3 is 2.54 bits per heavy atom. The second-order valence-electron chi connectivity index (χ2n) is 6.06. The van der Waals surface area contributed by atoms with Crippen LogP contribution in [0.5, 0.6) is 11.5 Å².